The third-order valence-corrected chi connectivity index (χ3v) is 17.0. The molecular formula is C61H90N20O19P2. The van der Waals surface area contributed by atoms with Crippen molar-refractivity contribution in [2.24, 2.45) is 49.4 Å². The summed E-state index contributed by atoms with van der Waals surface area (Å²) in [5.74, 6) is -1.48. The van der Waals surface area contributed by atoms with Crippen LogP contribution >= 0.6 is 18.1 Å². The lowest BCUT2D eigenvalue weighted by Gasteiger charge is -2.17. The Hall–Kier alpha value is -8.52. The highest BCUT2D eigenvalue weighted by atomic mass is 31.0. The van der Waals surface area contributed by atoms with Crippen LogP contribution in [-0.4, -0.2) is 172 Å². The minimum absolute atomic E-state index is 0.00810. The first-order valence-electron chi connectivity index (χ1n) is 32.6. The lowest BCUT2D eigenvalue weighted by Crippen LogP contribution is -2.32. The SMILES string of the molecule is CC(=O)[C@H]1O[C@@H](n2cnc(N=P)nc2=O)C[C@@H]1C.CC(C)(C)C(=O)Nc1ncn([C@H]2C[C@H](O)[C@@H](CO)O2)c(=O)n1.CC[C@H]1O[C@@H](n2cnc(NC(=O)C(C)(C)C)nc2=O)C[C@@H]1C.C[C@H]1C[C@H](n2cnc(N=P)nc2=O)O[C@@H]1C(=O)O.C[C@H]1C[C@H](n2cnc(NC(=O)C(C)(C)C)nc2=O)O[C@@H]1CO. The van der Waals surface area contributed by atoms with Gasteiger partial charge in [0.1, 0.15) is 75.0 Å². The van der Waals surface area contributed by atoms with Gasteiger partial charge in [-0.1, -0.05) is 96.9 Å². The summed E-state index contributed by atoms with van der Waals surface area (Å²) in [6.07, 6.45) is 4.05. The Kier molecular flexibility index (Phi) is 28.8. The topological polar surface area (TPSA) is 512 Å². The van der Waals surface area contributed by atoms with Crippen LogP contribution in [0.2, 0.25) is 0 Å². The van der Waals surface area contributed by atoms with Gasteiger partial charge in [0, 0.05) is 22.7 Å². The molecule has 558 valence electrons. The molecular weight excluding hydrogens is 1380 g/mol. The van der Waals surface area contributed by atoms with Crippen LogP contribution in [0.1, 0.15) is 174 Å². The van der Waals surface area contributed by atoms with Gasteiger partial charge in [-0.15, -0.1) is 0 Å². The number of Topliss-reactive ketones (excluding diaryl/α,β-unsaturated/α-hetero) is 1. The standard InChI is InChI=1S/C15H24N4O3.C14H22N4O4.C13H20N4O5.C10H13N4O3P.C9H11N4O4P/c1-6-10-9(2)7-11(22-10)19-8-16-13(18-14(19)21)17-12(20)15(3,4)5;1-8-5-10(22-9(8)6-19)18-7-15-12(17-13(18)21)16-11(20)14(2,3)4;1-13(2,3)10(20)15-11-14-6-17(12(21)16-11)9-4-7(19)8(5-18)22-9;1-5-3-7(17-8(5)6(2)15)14-4-11-9(13-18)12-10(14)16;1-4-2-5(17-6(4)7(14)15)13-3-10-8(12-18)11-9(13)16/h8-11H,6-7H2,1-5H3,(H,17,18,20,21);7-10,19H,5-6H2,1-4H3,(H,16,17,20,21);6-9,18-19H,4-5H2,1-3H3,(H,15,16,20,21);4-5,7-8,18H,3H2,1-2H3;3-6,18H,2H2,1H3,(H,14,15)/t9-,10+,11+;8-,9+,10+;7-,8+,9+;5-,7+,8-;4-,5+,6-/m00000/s1. The highest BCUT2D eigenvalue weighted by Gasteiger charge is 2.41. The van der Waals surface area contributed by atoms with E-state index in [9.17, 15) is 58.2 Å². The highest BCUT2D eigenvalue weighted by Crippen LogP contribution is 2.36. The van der Waals surface area contributed by atoms with Crippen molar-refractivity contribution in [1.82, 2.24) is 72.7 Å². The Labute approximate surface area is 588 Å². The zero-order valence-corrected chi connectivity index (χ0v) is 61.2. The molecule has 15 atom stereocenters. The van der Waals surface area contributed by atoms with Gasteiger partial charge in [0.15, 0.2) is 11.9 Å². The number of amides is 3. The van der Waals surface area contributed by atoms with Gasteiger partial charge in [0.2, 0.25) is 35.6 Å². The minimum atomic E-state index is -1.04. The molecule has 102 heavy (non-hydrogen) atoms. The zero-order chi connectivity index (χ0) is 76.0. The van der Waals surface area contributed by atoms with E-state index in [0.29, 0.717) is 25.2 Å². The lowest BCUT2D eigenvalue weighted by atomic mass is 9.96. The number of hydrogen-bond donors (Lipinski definition) is 7. The van der Waals surface area contributed by atoms with Gasteiger partial charge in [0.25, 0.3) is 11.9 Å². The number of carbonyl (C=O) groups is 5. The molecule has 5 saturated heterocycles. The summed E-state index contributed by atoms with van der Waals surface area (Å²) in [7, 11) is 5.69. The number of anilines is 3. The van der Waals surface area contributed by atoms with Gasteiger partial charge in [-0.05, 0) is 80.8 Å². The second kappa shape index (κ2) is 35.6. The average molecular weight is 1470 g/mol. The van der Waals surface area contributed by atoms with E-state index in [1.165, 1.54) is 56.8 Å². The van der Waals surface area contributed by atoms with E-state index in [2.05, 4.69) is 107 Å². The number of aliphatic carboxylic acids is 1. The number of nitrogens with zero attached hydrogens (tertiary/aromatic N) is 17. The number of carboxylic acid groups (broad SMARTS) is 1. The molecule has 0 bridgehead atoms. The molecule has 5 aliphatic rings. The molecule has 7 N–H and O–H groups in total. The number of aromatic nitrogens is 15. The Morgan fingerprint density at radius 1 is 0.471 bits per heavy atom. The van der Waals surface area contributed by atoms with Crippen molar-refractivity contribution in [1.29, 1.82) is 0 Å². The summed E-state index contributed by atoms with van der Waals surface area (Å²) in [4.78, 5) is 156. The predicted molar refractivity (Wildman–Crippen MR) is 365 cm³/mol. The molecule has 10 heterocycles. The van der Waals surface area contributed by atoms with E-state index in [4.69, 9.17) is 33.9 Å². The monoisotopic (exact) mass is 1470 g/mol. The normalized spacial score (nSPS) is 25.9. The lowest BCUT2D eigenvalue weighted by molar-refractivity contribution is -0.153. The molecule has 0 spiro atoms. The molecule has 10 rings (SSSR count). The zero-order valence-electron chi connectivity index (χ0n) is 59.2. The second-order valence-electron chi connectivity index (χ2n) is 27.9. The quantitative estimate of drug-likeness (QED) is 0.0738. The van der Waals surface area contributed by atoms with Crippen LogP contribution in [0.3, 0.4) is 0 Å². The van der Waals surface area contributed by atoms with E-state index >= 15 is 0 Å². The maximum absolute atomic E-state index is 12.1. The Balaban J connectivity index is 0.000000201. The Bertz CT molecular complexity index is 3760. The maximum atomic E-state index is 12.1. The summed E-state index contributed by atoms with van der Waals surface area (Å²) >= 11 is 0. The fourth-order valence-corrected chi connectivity index (χ4v) is 10.7. The molecule has 0 radical (unpaired) electrons. The number of nitrogens with one attached hydrogen (secondary N) is 3. The van der Waals surface area contributed by atoms with Gasteiger partial charge < -0.3 is 44.1 Å². The fourth-order valence-electron chi connectivity index (χ4n) is 10.5. The van der Waals surface area contributed by atoms with Crippen LogP contribution in [0.15, 0.2) is 65.1 Å². The van der Waals surface area contributed by atoms with Crippen LogP contribution in [-0.2, 0) is 47.7 Å². The largest absolute Gasteiger partial charge is 0.479 e. The van der Waals surface area contributed by atoms with Crippen molar-refractivity contribution in [2.75, 3.05) is 29.2 Å². The molecule has 0 saturated carbocycles. The van der Waals surface area contributed by atoms with E-state index in [1.807, 2.05) is 13.8 Å². The molecule has 0 unspecified atom stereocenters. The van der Waals surface area contributed by atoms with Crippen LogP contribution in [0, 0.1) is 39.9 Å². The van der Waals surface area contributed by atoms with Gasteiger partial charge in [0.05, 0.1) is 31.5 Å². The molecule has 5 aliphatic heterocycles. The second-order valence-corrected chi connectivity index (χ2v) is 28.4. The molecule has 5 aromatic rings. The van der Waals surface area contributed by atoms with Crippen molar-refractivity contribution < 1.29 is 68.1 Å². The molecule has 39 nitrogen and oxygen atoms in total. The maximum Gasteiger partial charge on any atom is 0.354 e. The van der Waals surface area contributed by atoms with Crippen molar-refractivity contribution in [3.05, 3.63) is 84.1 Å². The third-order valence-electron chi connectivity index (χ3n) is 16.6. The van der Waals surface area contributed by atoms with Crippen molar-refractivity contribution in [3.8, 4) is 0 Å². The van der Waals surface area contributed by atoms with Crippen molar-refractivity contribution in [3.63, 3.8) is 0 Å². The molecule has 5 aromatic heterocycles. The van der Waals surface area contributed by atoms with Gasteiger partial charge in [-0.3, -0.25) is 58.0 Å². The Morgan fingerprint density at radius 3 is 1.03 bits per heavy atom. The molecule has 0 aliphatic carbocycles. The third kappa shape index (κ3) is 22.0. The van der Waals surface area contributed by atoms with Crippen molar-refractivity contribution >= 4 is 77.3 Å². The van der Waals surface area contributed by atoms with Crippen LogP contribution in [0.25, 0.3) is 0 Å². The number of carboxylic acids is 1. The van der Waals surface area contributed by atoms with E-state index in [-0.39, 0.29) is 109 Å². The Morgan fingerprint density at radius 2 is 0.765 bits per heavy atom. The van der Waals surface area contributed by atoms with Crippen LogP contribution < -0.4 is 44.4 Å². The molecule has 5 fully saturated rings. The first kappa shape index (κ1) is 82.4. The van der Waals surface area contributed by atoms with Gasteiger partial charge in [-0.2, -0.15) is 34.4 Å². The van der Waals surface area contributed by atoms with E-state index < -0.39 is 100.0 Å². The summed E-state index contributed by atoms with van der Waals surface area (Å²) in [6.45, 7) is 26.6. The number of rotatable bonds is 15. The number of aliphatic hydroxyl groups excluding tert-OH is 3. The minimum Gasteiger partial charge on any atom is -0.479 e. The van der Waals surface area contributed by atoms with Crippen molar-refractivity contribution in [2.45, 2.75) is 210 Å². The van der Waals surface area contributed by atoms with E-state index in [0.717, 1.165) is 17.4 Å². The fraction of sp³-hybridized carbons (Fsp3) is 0.672. The highest BCUT2D eigenvalue weighted by molar-refractivity contribution is 7.04. The van der Waals surface area contributed by atoms with Crippen LogP contribution in [0.5, 0.6) is 0 Å². The predicted octanol–water partition coefficient (Wildman–Crippen LogP) is 3.47. The number of hydrogen-bond acceptors (Lipinski definition) is 30. The van der Waals surface area contributed by atoms with E-state index in [1.54, 1.807) is 69.2 Å². The molecule has 41 heteroatoms. The summed E-state index contributed by atoms with van der Waals surface area (Å²) in [5, 5.41) is 44.4. The van der Waals surface area contributed by atoms with Gasteiger partial charge >= 0.3 is 34.4 Å². The smallest absolute Gasteiger partial charge is 0.354 e. The average Bonchev–Trinajstić information content (AvgIpc) is 1.66. The number of aliphatic hydroxyl groups is 3. The first-order chi connectivity index (χ1) is 47.7. The summed E-state index contributed by atoms with van der Waals surface area (Å²) < 4.78 is 41.0. The number of ketones is 1. The summed E-state index contributed by atoms with van der Waals surface area (Å²) in [5.41, 5.74) is -4.55. The van der Waals surface area contributed by atoms with Gasteiger partial charge in [-0.25, -0.2) is 53.7 Å². The van der Waals surface area contributed by atoms with Crippen LogP contribution in [0.4, 0.5) is 29.7 Å². The first-order valence-corrected chi connectivity index (χ1v) is 33.5. The number of carbonyl (C=O) groups excluding carboxylic acids is 4. The molecule has 3 amide bonds. The summed E-state index contributed by atoms with van der Waals surface area (Å²) in [6, 6.07) is 0. The number of ether oxygens (including phenoxy) is 5. The molecule has 0 aromatic carbocycles.